The van der Waals surface area contributed by atoms with Crippen molar-refractivity contribution in [3.63, 3.8) is 0 Å². The number of rotatable bonds is 7. The maximum Gasteiger partial charge on any atom is 0.508 e. The van der Waals surface area contributed by atoms with Crippen LogP contribution in [0.15, 0.2) is 0 Å². The van der Waals surface area contributed by atoms with Crippen LogP contribution in [0, 0.1) is 0 Å². The summed E-state index contributed by atoms with van der Waals surface area (Å²) in [6.07, 6.45) is -0.532. The fourth-order valence-corrected chi connectivity index (χ4v) is 1.86. The Balaban J connectivity index is 1.44. The van der Waals surface area contributed by atoms with Gasteiger partial charge in [0.25, 0.3) is 0 Å². The van der Waals surface area contributed by atoms with E-state index in [1.54, 1.807) is 0 Å². The van der Waals surface area contributed by atoms with Crippen molar-refractivity contribution < 1.29 is 38.1 Å². The van der Waals surface area contributed by atoms with E-state index in [0.29, 0.717) is 12.8 Å². The van der Waals surface area contributed by atoms with Crippen molar-refractivity contribution in [3.05, 3.63) is 0 Å². The van der Waals surface area contributed by atoms with Crippen LogP contribution >= 0.6 is 0 Å². The number of unbranched alkanes of at least 4 members (excludes halogenated alkanes) is 1. The number of alkyl carbamates (subject to hydrolysis) is 1. The number of amides is 1. The first kappa shape index (κ1) is 15.2. The molecule has 2 unspecified atom stereocenters. The molecule has 0 aliphatic carbocycles. The Bertz CT molecular complexity index is 399. The van der Waals surface area contributed by atoms with Gasteiger partial charge in [0.1, 0.15) is 19.3 Å². The molecule has 0 saturated carbocycles. The molecule has 9 nitrogen and oxygen atoms in total. The molecule has 2 atom stereocenters. The van der Waals surface area contributed by atoms with Crippen molar-refractivity contribution in [3.8, 4) is 0 Å². The topological polar surface area (TPSA) is 109 Å². The van der Waals surface area contributed by atoms with E-state index in [9.17, 15) is 14.4 Å². The molecule has 0 aromatic rings. The number of hydrogen-bond acceptors (Lipinski definition) is 8. The molecule has 0 spiro atoms. The van der Waals surface area contributed by atoms with Crippen LogP contribution in [0.5, 0.6) is 0 Å². The summed E-state index contributed by atoms with van der Waals surface area (Å²) < 4.78 is 23.8. The van der Waals surface area contributed by atoms with Crippen LogP contribution in [-0.4, -0.2) is 57.0 Å². The highest BCUT2D eigenvalue weighted by Gasteiger charge is 2.25. The van der Waals surface area contributed by atoms with E-state index in [1.807, 2.05) is 0 Å². The van der Waals surface area contributed by atoms with Crippen LogP contribution < -0.4 is 5.32 Å². The number of carbonyl (C=O) groups excluding carboxylic acids is 3. The van der Waals surface area contributed by atoms with E-state index < -0.39 is 24.5 Å². The van der Waals surface area contributed by atoms with Gasteiger partial charge in [-0.3, -0.25) is 0 Å². The summed E-state index contributed by atoms with van der Waals surface area (Å²) in [5.41, 5.74) is 0. The molecular weight excluding hydrogens is 286 g/mol. The van der Waals surface area contributed by atoms with Gasteiger partial charge in [-0.05, 0) is 19.3 Å². The first-order chi connectivity index (χ1) is 10.1. The maximum absolute atomic E-state index is 11.3. The van der Waals surface area contributed by atoms with Gasteiger partial charge in [0.15, 0.2) is 6.10 Å². The Hall–Kier alpha value is -2.19. The highest BCUT2D eigenvalue weighted by atomic mass is 16.8. The van der Waals surface area contributed by atoms with Crippen LogP contribution in [0.3, 0.4) is 0 Å². The van der Waals surface area contributed by atoms with E-state index in [0.717, 1.165) is 6.42 Å². The SMILES string of the molecule is O=C(NCC1COC(=O)O1)OCCCCC1COC(=O)O1. The first-order valence-corrected chi connectivity index (χ1v) is 6.71. The van der Waals surface area contributed by atoms with Crippen molar-refractivity contribution in [1.29, 1.82) is 0 Å². The minimum absolute atomic E-state index is 0.126. The average Bonchev–Trinajstić information content (AvgIpc) is 3.05. The number of nitrogens with one attached hydrogen (secondary N) is 1. The van der Waals surface area contributed by atoms with Crippen LogP contribution in [0.2, 0.25) is 0 Å². The molecule has 0 bridgehead atoms. The van der Waals surface area contributed by atoms with Gasteiger partial charge < -0.3 is 29.0 Å². The van der Waals surface area contributed by atoms with Gasteiger partial charge in [-0.15, -0.1) is 0 Å². The fraction of sp³-hybridized carbons (Fsp3) is 0.750. The van der Waals surface area contributed by atoms with Gasteiger partial charge in [-0.25, -0.2) is 14.4 Å². The lowest BCUT2D eigenvalue weighted by molar-refractivity contribution is 0.110. The quantitative estimate of drug-likeness (QED) is 0.420. The van der Waals surface area contributed by atoms with Gasteiger partial charge in [0, 0.05) is 0 Å². The van der Waals surface area contributed by atoms with Crippen molar-refractivity contribution in [2.75, 3.05) is 26.4 Å². The summed E-state index contributed by atoms with van der Waals surface area (Å²) in [5, 5.41) is 2.48. The molecule has 0 radical (unpaired) electrons. The molecule has 21 heavy (non-hydrogen) atoms. The second-order valence-electron chi connectivity index (χ2n) is 4.61. The number of cyclic esters (lactones) is 4. The Morgan fingerprint density at radius 1 is 1.10 bits per heavy atom. The Morgan fingerprint density at radius 3 is 2.38 bits per heavy atom. The summed E-state index contributed by atoms with van der Waals surface area (Å²) in [4.78, 5) is 32.7. The second kappa shape index (κ2) is 7.55. The molecule has 0 aromatic carbocycles. The van der Waals surface area contributed by atoms with Crippen LogP contribution in [0.4, 0.5) is 14.4 Å². The van der Waals surface area contributed by atoms with Crippen LogP contribution in [-0.2, 0) is 23.7 Å². The Kier molecular flexibility index (Phi) is 5.47. The van der Waals surface area contributed by atoms with E-state index in [2.05, 4.69) is 14.8 Å². The summed E-state index contributed by atoms with van der Waals surface area (Å²) >= 11 is 0. The maximum atomic E-state index is 11.3. The van der Waals surface area contributed by atoms with E-state index >= 15 is 0 Å². The molecular formula is C12H17NO8. The summed E-state index contributed by atoms with van der Waals surface area (Å²) in [5.74, 6) is 0. The molecule has 118 valence electrons. The van der Waals surface area contributed by atoms with E-state index in [1.165, 1.54) is 0 Å². The van der Waals surface area contributed by atoms with Gasteiger partial charge in [0.2, 0.25) is 0 Å². The molecule has 9 heteroatoms. The Morgan fingerprint density at radius 2 is 1.76 bits per heavy atom. The summed E-state index contributed by atoms with van der Waals surface area (Å²) in [7, 11) is 0. The first-order valence-electron chi connectivity index (χ1n) is 6.71. The van der Waals surface area contributed by atoms with E-state index in [-0.39, 0.29) is 32.5 Å². The van der Waals surface area contributed by atoms with Crippen LogP contribution in [0.1, 0.15) is 19.3 Å². The van der Waals surface area contributed by atoms with Gasteiger partial charge in [-0.2, -0.15) is 0 Å². The molecule has 2 saturated heterocycles. The van der Waals surface area contributed by atoms with Gasteiger partial charge in [-0.1, -0.05) is 0 Å². The number of ether oxygens (including phenoxy) is 5. The molecule has 2 rings (SSSR count). The van der Waals surface area contributed by atoms with Crippen molar-refractivity contribution in [1.82, 2.24) is 5.32 Å². The minimum Gasteiger partial charge on any atom is -0.450 e. The predicted molar refractivity (Wildman–Crippen MR) is 65.6 cm³/mol. The summed E-state index contributed by atoms with van der Waals surface area (Å²) in [6.45, 7) is 0.817. The van der Waals surface area contributed by atoms with Gasteiger partial charge in [0.05, 0.1) is 13.2 Å². The number of carbonyl (C=O) groups is 3. The molecule has 2 aliphatic rings. The molecule has 2 fully saturated rings. The third kappa shape index (κ3) is 5.36. The smallest absolute Gasteiger partial charge is 0.450 e. The van der Waals surface area contributed by atoms with Gasteiger partial charge >= 0.3 is 18.4 Å². The molecule has 1 N–H and O–H groups in total. The highest BCUT2D eigenvalue weighted by Crippen LogP contribution is 2.12. The van der Waals surface area contributed by atoms with Crippen molar-refractivity contribution in [2.24, 2.45) is 0 Å². The number of hydrogen-bond donors (Lipinski definition) is 1. The average molecular weight is 303 g/mol. The Labute approximate surface area is 120 Å². The zero-order valence-electron chi connectivity index (χ0n) is 11.4. The standard InChI is InChI=1S/C12H17NO8/c14-10(13-5-9-7-19-12(16)21-9)17-4-2-1-3-8-6-18-11(15)20-8/h8-9H,1-7H2,(H,13,14). The lowest BCUT2D eigenvalue weighted by Crippen LogP contribution is -2.33. The largest absolute Gasteiger partial charge is 0.508 e. The molecule has 0 aromatic heterocycles. The second-order valence-corrected chi connectivity index (χ2v) is 4.61. The third-order valence-electron chi connectivity index (χ3n) is 2.93. The summed E-state index contributed by atoms with van der Waals surface area (Å²) in [6, 6.07) is 0. The van der Waals surface area contributed by atoms with E-state index in [4.69, 9.17) is 14.2 Å². The third-order valence-corrected chi connectivity index (χ3v) is 2.93. The monoisotopic (exact) mass is 303 g/mol. The fourth-order valence-electron chi connectivity index (χ4n) is 1.86. The molecule has 2 heterocycles. The minimum atomic E-state index is -0.730. The zero-order valence-corrected chi connectivity index (χ0v) is 11.4. The molecule has 1 amide bonds. The van der Waals surface area contributed by atoms with Crippen molar-refractivity contribution >= 4 is 18.4 Å². The normalized spacial score (nSPS) is 23.8. The predicted octanol–water partition coefficient (Wildman–Crippen LogP) is 0.954. The van der Waals surface area contributed by atoms with Crippen molar-refractivity contribution in [2.45, 2.75) is 31.5 Å². The lowest BCUT2D eigenvalue weighted by Gasteiger charge is -2.09. The zero-order chi connectivity index (χ0) is 15.1. The highest BCUT2D eigenvalue weighted by molar-refractivity contribution is 5.67. The van der Waals surface area contributed by atoms with Crippen LogP contribution in [0.25, 0.3) is 0 Å². The molecule has 2 aliphatic heterocycles. The lowest BCUT2D eigenvalue weighted by atomic mass is 10.2.